The molecule has 0 aromatic carbocycles. The van der Waals surface area contributed by atoms with Gasteiger partial charge in [-0.15, -0.1) is 0 Å². The summed E-state index contributed by atoms with van der Waals surface area (Å²) in [5.41, 5.74) is -0.813. The van der Waals surface area contributed by atoms with Crippen LogP contribution in [0.25, 0.3) is 0 Å². The summed E-state index contributed by atoms with van der Waals surface area (Å²) in [5, 5.41) is 0. The van der Waals surface area contributed by atoms with Gasteiger partial charge in [0, 0.05) is 6.61 Å². The van der Waals surface area contributed by atoms with Crippen molar-refractivity contribution in [2.45, 2.75) is 40.2 Å². The number of hydrogen-bond acceptors (Lipinski definition) is 4. The molecule has 0 radical (unpaired) electrons. The van der Waals surface area contributed by atoms with Gasteiger partial charge in [-0.05, 0) is 34.6 Å². The maximum Gasteiger partial charge on any atom is 0.319 e. The lowest BCUT2D eigenvalue weighted by Gasteiger charge is -2.30. The molecular formula is C11H20O4. The molecule has 0 bridgehead atoms. The van der Waals surface area contributed by atoms with E-state index < -0.39 is 17.5 Å². The molecule has 0 aliphatic rings. The van der Waals surface area contributed by atoms with Crippen molar-refractivity contribution in [3.05, 3.63) is 0 Å². The van der Waals surface area contributed by atoms with E-state index in [1.807, 2.05) is 6.92 Å². The third-order valence-corrected chi connectivity index (χ3v) is 2.14. The van der Waals surface area contributed by atoms with E-state index in [4.69, 9.17) is 9.47 Å². The molecule has 0 saturated heterocycles. The van der Waals surface area contributed by atoms with Gasteiger partial charge in [0.25, 0.3) is 0 Å². The molecule has 1 atom stereocenters. The van der Waals surface area contributed by atoms with Crippen molar-refractivity contribution in [1.29, 1.82) is 0 Å². The number of Topliss-reactive ketones (excluding diaryl/α,β-unsaturated/α-hetero) is 1. The van der Waals surface area contributed by atoms with Crippen molar-refractivity contribution in [1.82, 2.24) is 0 Å². The quantitative estimate of drug-likeness (QED) is 0.499. The van der Waals surface area contributed by atoms with E-state index in [2.05, 4.69) is 0 Å². The minimum absolute atomic E-state index is 0.230. The monoisotopic (exact) mass is 216 g/mol. The van der Waals surface area contributed by atoms with E-state index in [0.29, 0.717) is 6.61 Å². The molecule has 0 amide bonds. The first-order chi connectivity index (χ1) is 6.86. The highest BCUT2D eigenvalue weighted by Crippen LogP contribution is 2.23. The Morgan fingerprint density at radius 2 is 1.73 bits per heavy atom. The van der Waals surface area contributed by atoms with E-state index in [1.165, 1.54) is 6.92 Å². The van der Waals surface area contributed by atoms with Crippen molar-refractivity contribution in [2.75, 3.05) is 13.2 Å². The van der Waals surface area contributed by atoms with Gasteiger partial charge in [0.2, 0.25) is 0 Å². The predicted octanol–water partition coefficient (Wildman–Crippen LogP) is 1.57. The third kappa shape index (κ3) is 4.00. The van der Waals surface area contributed by atoms with Crippen molar-refractivity contribution in [3.63, 3.8) is 0 Å². The second-order valence-electron chi connectivity index (χ2n) is 3.83. The van der Waals surface area contributed by atoms with Crippen LogP contribution >= 0.6 is 0 Å². The fourth-order valence-corrected chi connectivity index (χ4v) is 1.62. The Hall–Kier alpha value is -0.900. The van der Waals surface area contributed by atoms with E-state index in [0.717, 1.165) is 0 Å². The lowest BCUT2D eigenvalue weighted by Crippen LogP contribution is -2.44. The number of esters is 1. The van der Waals surface area contributed by atoms with Gasteiger partial charge in [0.05, 0.1) is 12.2 Å². The molecule has 0 aliphatic heterocycles. The molecule has 4 nitrogen and oxygen atoms in total. The minimum Gasteiger partial charge on any atom is -0.465 e. The Labute approximate surface area is 90.9 Å². The van der Waals surface area contributed by atoms with Crippen LogP contribution in [-0.2, 0) is 19.1 Å². The molecule has 4 heteroatoms. The molecule has 0 N–H and O–H groups in total. The van der Waals surface area contributed by atoms with Crippen molar-refractivity contribution < 1.29 is 19.1 Å². The van der Waals surface area contributed by atoms with Gasteiger partial charge in [0.1, 0.15) is 11.7 Å². The van der Waals surface area contributed by atoms with Gasteiger partial charge >= 0.3 is 5.97 Å². The summed E-state index contributed by atoms with van der Waals surface area (Å²) in [7, 11) is 0. The Morgan fingerprint density at radius 1 is 1.20 bits per heavy atom. The SMILES string of the molecule is CCOC(=O)C(C(C)=O)C(C)(C)OCC. The Bertz CT molecular complexity index is 233. The van der Waals surface area contributed by atoms with Crippen LogP contribution in [0.15, 0.2) is 0 Å². The van der Waals surface area contributed by atoms with Crippen LogP contribution in [0, 0.1) is 5.92 Å². The molecule has 0 fully saturated rings. The van der Waals surface area contributed by atoms with Gasteiger partial charge in [0.15, 0.2) is 0 Å². The maximum atomic E-state index is 11.6. The van der Waals surface area contributed by atoms with E-state index in [9.17, 15) is 9.59 Å². The summed E-state index contributed by atoms with van der Waals surface area (Å²) in [6.07, 6.45) is 0. The largest absolute Gasteiger partial charge is 0.465 e. The number of rotatable bonds is 6. The first-order valence-corrected chi connectivity index (χ1v) is 5.17. The predicted molar refractivity (Wildman–Crippen MR) is 56.5 cm³/mol. The highest BCUT2D eigenvalue weighted by atomic mass is 16.5. The minimum atomic E-state index is -0.850. The van der Waals surface area contributed by atoms with Crippen LogP contribution in [-0.4, -0.2) is 30.6 Å². The molecule has 88 valence electrons. The zero-order valence-electron chi connectivity index (χ0n) is 10.1. The number of ketones is 1. The summed E-state index contributed by atoms with van der Waals surface area (Å²) in [6, 6.07) is 0. The highest BCUT2D eigenvalue weighted by Gasteiger charge is 2.40. The summed E-state index contributed by atoms with van der Waals surface area (Å²) in [6.45, 7) is 9.08. The lowest BCUT2D eigenvalue weighted by atomic mass is 9.87. The molecule has 1 unspecified atom stereocenters. The molecule has 0 aliphatic carbocycles. The molecule has 0 heterocycles. The van der Waals surface area contributed by atoms with Crippen LogP contribution in [0.2, 0.25) is 0 Å². The zero-order chi connectivity index (χ0) is 12.1. The number of ether oxygens (including phenoxy) is 2. The summed E-state index contributed by atoms with van der Waals surface area (Å²) in [5.74, 6) is -1.59. The molecule has 15 heavy (non-hydrogen) atoms. The fourth-order valence-electron chi connectivity index (χ4n) is 1.62. The molecule has 0 rings (SSSR count). The standard InChI is InChI=1S/C11H20O4/c1-6-14-10(13)9(8(3)12)11(4,5)15-7-2/h9H,6-7H2,1-5H3. The number of hydrogen-bond donors (Lipinski definition) is 0. The Balaban J connectivity index is 4.80. The Kier molecular flexibility index (Phi) is 5.50. The molecular weight excluding hydrogens is 196 g/mol. The second kappa shape index (κ2) is 5.85. The average molecular weight is 216 g/mol. The van der Waals surface area contributed by atoms with Crippen molar-refractivity contribution in [2.24, 2.45) is 5.92 Å². The molecule has 0 aromatic rings. The zero-order valence-corrected chi connectivity index (χ0v) is 10.1. The maximum absolute atomic E-state index is 11.6. The van der Waals surface area contributed by atoms with E-state index >= 15 is 0 Å². The van der Waals surface area contributed by atoms with Crippen LogP contribution in [0.1, 0.15) is 34.6 Å². The van der Waals surface area contributed by atoms with Crippen molar-refractivity contribution >= 4 is 11.8 Å². The number of carbonyl (C=O) groups is 2. The lowest BCUT2D eigenvalue weighted by molar-refractivity contribution is -0.164. The van der Waals surface area contributed by atoms with Crippen LogP contribution in [0.3, 0.4) is 0 Å². The van der Waals surface area contributed by atoms with E-state index in [1.54, 1.807) is 20.8 Å². The van der Waals surface area contributed by atoms with Crippen LogP contribution < -0.4 is 0 Å². The molecule has 0 saturated carbocycles. The topological polar surface area (TPSA) is 52.6 Å². The first kappa shape index (κ1) is 14.1. The summed E-state index contributed by atoms with van der Waals surface area (Å²) >= 11 is 0. The normalized spacial score (nSPS) is 13.4. The van der Waals surface area contributed by atoms with Crippen LogP contribution in [0.5, 0.6) is 0 Å². The van der Waals surface area contributed by atoms with Gasteiger partial charge in [-0.2, -0.15) is 0 Å². The third-order valence-electron chi connectivity index (χ3n) is 2.14. The summed E-state index contributed by atoms with van der Waals surface area (Å²) in [4.78, 5) is 23.0. The van der Waals surface area contributed by atoms with Crippen molar-refractivity contribution in [3.8, 4) is 0 Å². The van der Waals surface area contributed by atoms with Crippen LogP contribution in [0.4, 0.5) is 0 Å². The highest BCUT2D eigenvalue weighted by molar-refractivity contribution is 5.99. The molecule has 0 spiro atoms. The van der Waals surface area contributed by atoms with Gasteiger partial charge < -0.3 is 9.47 Å². The number of carbonyl (C=O) groups excluding carboxylic acids is 2. The second-order valence-corrected chi connectivity index (χ2v) is 3.83. The summed E-state index contributed by atoms with van der Waals surface area (Å²) < 4.78 is 10.3. The fraction of sp³-hybridized carbons (Fsp3) is 0.818. The first-order valence-electron chi connectivity index (χ1n) is 5.17. The average Bonchev–Trinajstić information content (AvgIpc) is 2.02. The molecule has 0 aromatic heterocycles. The van der Waals surface area contributed by atoms with Gasteiger partial charge in [-0.25, -0.2) is 0 Å². The van der Waals surface area contributed by atoms with Gasteiger partial charge in [-0.1, -0.05) is 0 Å². The Morgan fingerprint density at radius 3 is 2.07 bits per heavy atom. The van der Waals surface area contributed by atoms with E-state index in [-0.39, 0.29) is 12.4 Å². The smallest absolute Gasteiger partial charge is 0.319 e. The van der Waals surface area contributed by atoms with Gasteiger partial charge in [-0.3, -0.25) is 9.59 Å².